The smallest absolute Gasteiger partial charge is 0.0466 e. The maximum Gasteiger partial charge on any atom is 0.0466 e. The van der Waals surface area contributed by atoms with Crippen LogP contribution in [0.2, 0.25) is 0 Å². The van der Waals surface area contributed by atoms with E-state index >= 15 is 0 Å². The van der Waals surface area contributed by atoms with Crippen molar-refractivity contribution < 1.29 is 4.74 Å². The fourth-order valence-corrected chi connectivity index (χ4v) is 1.68. The summed E-state index contributed by atoms with van der Waals surface area (Å²) in [4.78, 5) is 2.38. The second kappa shape index (κ2) is 19.3. The summed E-state index contributed by atoms with van der Waals surface area (Å²) in [6, 6.07) is 0. The molecule has 0 spiro atoms. The second-order valence-electron chi connectivity index (χ2n) is 4.65. The standard InChI is InChI=1S/C6H15N.C6H14.C4H8O/c1-4-7(5-2)6-3;1-3-5-6-4-2;1-2-4-5-3-1/h4-6H2,1-3H3;3-6H2,1-2H3;1-4H2. The van der Waals surface area contributed by atoms with Gasteiger partial charge in [0.15, 0.2) is 0 Å². The van der Waals surface area contributed by atoms with E-state index in [2.05, 4.69) is 39.5 Å². The number of hydrogen-bond donors (Lipinski definition) is 0. The van der Waals surface area contributed by atoms with Crippen LogP contribution in [0.5, 0.6) is 0 Å². The highest BCUT2D eigenvalue weighted by Gasteiger charge is 1.94. The molecule has 0 N–H and O–H groups in total. The van der Waals surface area contributed by atoms with Gasteiger partial charge in [-0.2, -0.15) is 0 Å². The van der Waals surface area contributed by atoms with Crippen molar-refractivity contribution in [1.82, 2.24) is 4.90 Å². The van der Waals surface area contributed by atoms with Gasteiger partial charge in [0.25, 0.3) is 0 Å². The van der Waals surface area contributed by atoms with Crippen molar-refractivity contribution in [2.45, 2.75) is 73.1 Å². The molecule has 0 unspecified atom stereocenters. The van der Waals surface area contributed by atoms with Gasteiger partial charge in [-0.1, -0.05) is 60.3 Å². The summed E-state index contributed by atoms with van der Waals surface area (Å²) in [7, 11) is 0. The molecule has 0 bridgehead atoms. The Kier molecular flexibility index (Phi) is 21.7. The molecule has 0 aliphatic carbocycles. The molecule has 0 aromatic carbocycles. The summed E-state index contributed by atoms with van der Waals surface area (Å²) in [5.41, 5.74) is 0. The monoisotopic (exact) mass is 259 g/mol. The lowest BCUT2D eigenvalue weighted by Gasteiger charge is -2.13. The van der Waals surface area contributed by atoms with E-state index in [0.717, 1.165) is 13.2 Å². The van der Waals surface area contributed by atoms with Gasteiger partial charge >= 0.3 is 0 Å². The van der Waals surface area contributed by atoms with Gasteiger partial charge in [0, 0.05) is 13.2 Å². The van der Waals surface area contributed by atoms with Gasteiger partial charge in [0.2, 0.25) is 0 Å². The van der Waals surface area contributed by atoms with E-state index in [1.54, 1.807) is 0 Å². The fraction of sp³-hybridized carbons (Fsp3) is 1.00. The summed E-state index contributed by atoms with van der Waals surface area (Å²) >= 11 is 0. The van der Waals surface area contributed by atoms with E-state index < -0.39 is 0 Å². The van der Waals surface area contributed by atoms with Crippen LogP contribution in [0.3, 0.4) is 0 Å². The third-order valence-electron chi connectivity index (χ3n) is 3.13. The fourth-order valence-electron chi connectivity index (χ4n) is 1.68. The molecule has 1 heterocycles. The normalized spacial score (nSPS) is 13.7. The number of hydrogen-bond acceptors (Lipinski definition) is 2. The van der Waals surface area contributed by atoms with Crippen molar-refractivity contribution in [3.63, 3.8) is 0 Å². The Bertz CT molecular complexity index is 103. The van der Waals surface area contributed by atoms with E-state index in [-0.39, 0.29) is 0 Å². The summed E-state index contributed by atoms with van der Waals surface area (Å²) in [6.45, 7) is 16.6. The molecule has 0 aromatic rings. The van der Waals surface area contributed by atoms with Crippen molar-refractivity contribution in [1.29, 1.82) is 0 Å². The van der Waals surface area contributed by atoms with Gasteiger partial charge in [0.05, 0.1) is 0 Å². The average molecular weight is 259 g/mol. The minimum atomic E-state index is 1.00. The minimum Gasteiger partial charge on any atom is -0.381 e. The first-order chi connectivity index (χ1) is 8.76. The number of ether oxygens (including phenoxy) is 1. The first-order valence-electron chi connectivity index (χ1n) is 8.06. The van der Waals surface area contributed by atoms with Crippen LogP contribution in [0.15, 0.2) is 0 Å². The van der Waals surface area contributed by atoms with E-state index in [4.69, 9.17) is 4.74 Å². The molecule has 0 radical (unpaired) electrons. The molecule has 1 saturated heterocycles. The van der Waals surface area contributed by atoms with Crippen molar-refractivity contribution >= 4 is 0 Å². The van der Waals surface area contributed by atoms with Crippen molar-refractivity contribution in [3.8, 4) is 0 Å². The largest absolute Gasteiger partial charge is 0.381 e. The van der Waals surface area contributed by atoms with Crippen LogP contribution in [-0.4, -0.2) is 37.7 Å². The maximum atomic E-state index is 4.94. The molecule has 2 nitrogen and oxygen atoms in total. The van der Waals surface area contributed by atoms with Crippen molar-refractivity contribution in [2.24, 2.45) is 0 Å². The molecular formula is C16H37NO. The Morgan fingerprint density at radius 2 is 1.11 bits per heavy atom. The summed E-state index contributed by atoms with van der Waals surface area (Å²) < 4.78 is 4.94. The maximum absolute atomic E-state index is 4.94. The van der Waals surface area contributed by atoms with Crippen LogP contribution in [0.1, 0.15) is 73.1 Å². The van der Waals surface area contributed by atoms with E-state index in [1.807, 2.05) is 0 Å². The summed E-state index contributed by atoms with van der Waals surface area (Å²) in [5.74, 6) is 0. The van der Waals surface area contributed by atoms with Crippen LogP contribution in [-0.2, 0) is 4.74 Å². The van der Waals surface area contributed by atoms with E-state index in [0.29, 0.717) is 0 Å². The van der Waals surface area contributed by atoms with Gasteiger partial charge in [-0.05, 0) is 32.5 Å². The van der Waals surface area contributed by atoms with Gasteiger partial charge in [-0.15, -0.1) is 0 Å². The lowest BCUT2D eigenvalue weighted by atomic mass is 10.2. The predicted octanol–water partition coefficient (Wildman–Crippen LogP) is 4.73. The number of nitrogens with zero attached hydrogens (tertiary/aromatic N) is 1. The zero-order valence-electron chi connectivity index (χ0n) is 13.6. The van der Waals surface area contributed by atoms with Gasteiger partial charge in [-0.25, -0.2) is 0 Å². The topological polar surface area (TPSA) is 12.5 Å². The highest BCUT2D eigenvalue weighted by molar-refractivity contribution is 4.44. The highest BCUT2D eigenvalue weighted by Crippen LogP contribution is 1.98. The molecule has 1 fully saturated rings. The zero-order chi connectivity index (χ0) is 14.1. The quantitative estimate of drug-likeness (QED) is 0.639. The molecule has 1 aliphatic heterocycles. The van der Waals surface area contributed by atoms with E-state index in [1.165, 1.54) is 58.2 Å². The Hall–Kier alpha value is -0.0800. The summed E-state index contributed by atoms with van der Waals surface area (Å²) in [5, 5.41) is 0. The molecule has 0 atom stereocenters. The molecule has 0 saturated carbocycles. The number of unbranched alkanes of at least 4 members (excludes halogenated alkanes) is 3. The molecule has 1 rings (SSSR count). The molecule has 0 aromatic heterocycles. The van der Waals surface area contributed by atoms with Crippen LogP contribution in [0, 0.1) is 0 Å². The molecule has 2 heteroatoms. The van der Waals surface area contributed by atoms with E-state index in [9.17, 15) is 0 Å². The van der Waals surface area contributed by atoms with Gasteiger partial charge < -0.3 is 9.64 Å². The minimum absolute atomic E-state index is 1.00. The Morgan fingerprint density at radius 1 is 0.722 bits per heavy atom. The molecule has 112 valence electrons. The van der Waals surface area contributed by atoms with Gasteiger partial charge in [0.1, 0.15) is 0 Å². The van der Waals surface area contributed by atoms with Gasteiger partial charge in [-0.3, -0.25) is 0 Å². The average Bonchev–Trinajstić information content (AvgIpc) is 2.98. The lowest BCUT2D eigenvalue weighted by Crippen LogP contribution is -2.21. The van der Waals surface area contributed by atoms with Crippen LogP contribution in [0.4, 0.5) is 0 Å². The van der Waals surface area contributed by atoms with Crippen LogP contribution >= 0.6 is 0 Å². The van der Waals surface area contributed by atoms with Crippen LogP contribution in [0.25, 0.3) is 0 Å². The second-order valence-corrected chi connectivity index (χ2v) is 4.65. The predicted molar refractivity (Wildman–Crippen MR) is 83.3 cm³/mol. The highest BCUT2D eigenvalue weighted by atomic mass is 16.5. The molecule has 1 aliphatic rings. The lowest BCUT2D eigenvalue weighted by molar-refractivity contribution is 0.198. The molecular weight excluding hydrogens is 222 g/mol. The Balaban J connectivity index is 0. The number of rotatable bonds is 6. The third kappa shape index (κ3) is 18.3. The molecule has 18 heavy (non-hydrogen) atoms. The Labute approximate surface area is 116 Å². The first kappa shape index (κ1) is 20.2. The molecule has 0 amide bonds. The van der Waals surface area contributed by atoms with Crippen LogP contribution < -0.4 is 0 Å². The first-order valence-corrected chi connectivity index (χ1v) is 8.06. The Morgan fingerprint density at radius 3 is 1.22 bits per heavy atom. The third-order valence-corrected chi connectivity index (χ3v) is 3.13. The van der Waals surface area contributed by atoms with Crippen molar-refractivity contribution in [3.05, 3.63) is 0 Å². The zero-order valence-corrected chi connectivity index (χ0v) is 13.6. The van der Waals surface area contributed by atoms with Crippen molar-refractivity contribution in [2.75, 3.05) is 32.8 Å². The summed E-state index contributed by atoms with van der Waals surface area (Å²) in [6.07, 6.45) is 8.09. The SMILES string of the molecule is C1CCOC1.CCCCCC.CCN(CC)CC.